The number of rotatable bonds is 5. The number of ether oxygens (including phenoxy) is 1. The van der Waals surface area contributed by atoms with Gasteiger partial charge in [0.1, 0.15) is 5.75 Å². The lowest BCUT2D eigenvalue weighted by molar-refractivity contribution is 0.101. The van der Waals surface area contributed by atoms with Crippen LogP contribution in [-0.4, -0.2) is 17.8 Å². The van der Waals surface area contributed by atoms with Crippen LogP contribution in [0.4, 0.5) is 5.69 Å². The van der Waals surface area contributed by atoms with Crippen LogP contribution < -0.4 is 10.1 Å². The van der Waals surface area contributed by atoms with Crippen molar-refractivity contribution in [2.24, 2.45) is 0 Å². The van der Waals surface area contributed by atoms with Crippen LogP contribution in [0, 0.1) is 6.92 Å². The van der Waals surface area contributed by atoms with Crippen molar-refractivity contribution in [1.82, 2.24) is 0 Å². The van der Waals surface area contributed by atoms with E-state index in [0.717, 1.165) is 5.56 Å². The first-order valence-electron chi connectivity index (χ1n) is 7.56. The summed E-state index contributed by atoms with van der Waals surface area (Å²) in [5.74, 6) is 0.251. The van der Waals surface area contributed by atoms with E-state index in [0.29, 0.717) is 22.6 Å². The zero-order valence-corrected chi connectivity index (χ0v) is 13.8. The molecule has 0 spiro atoms. The van der Waals surface area contributed by atoms with Crippen LogP contribution in [0.5, 0.6) is 5.75 Å². The topological polar surface area (TPSA) is 55.4 Å². The maximum atomic E-state index is 12.4. The summed E-state index contributed by atoms with van der Waals surface area (Å²) in [6.07, 6.45) is -0.0344. The van der Waals surface area contributed by atoms with Gasteiger partial charge in [0.05, 0.1) is 11.8 Å². The Morgan fingerprint density at radius 3 is 2.39 bits per heavy atom. The Balaban J connectivity index is 2.33. The van der Waals surface area contributed by atoms with Crippen molar-refractivity contribution in [2.45, 2.75) is 33.8 Å². The lowest BCUT2D eigenvalue weighted by Crippen LogP contribution is -2.15. The van der Waals surface area contributed by atoms with Crippen molar-refractivity contribution in [2.75, 3.05) is 5.32 Å². The highest BCUT2D eigenvalue weighted by Crippen LogP contribution is 2.27. The Hall–Kier alpha value is -2.62. The SMILES string of the molecule is CC(=O)c1ccc(OC(C)C)c(NC(=O)c2cccc(C)c2)c1. The average Bonchev–Trinajstić information content (AvgIpc) is 2.48. The van der Waals surface area contributed by atoms with E-state index in [2.05, 4.69) is 5.32 Å². The minimum Gasteiger partial charge on any atom is -0.489 e. The molecule has 0 saturated carbocycles. The molecule has 0 heterocycles. The van der Waals surface area contributed by atoms with Crippen LogP contribution in [-0.2, 0) is 0 Å². The van der Waals surface area contributed by atoms with Gasteiger partial charge in [-0.3, -0.25) is 9.59 Å². The zero-order valence-electron chi connectivity index (χ0n) is 13.8. The molecule has 4 nitrogen and oxygen atoms in total. The third kappa shape index (κ3) is 4.42. The van der Waals surface area contributed by atoms with Crippen molar-refractivity contribution in [3.8, 4) is 5.75 Å². The fourth-order valence-electron chi connectivity index (χ4n) is 2.18. The van der Waals surface area contributed by atoms with Crippen molar-refractivity contribution in [3.05, 3.63) is 59.2 Å². The number of hydrogen-bond donors (Lipinski definition) is 1. The maximum absolute atomic E-state index is 12.4. The Bertz CT molecular complexity index is 735. The van der Waals surface area contributed by atoms with E-state index in [4.69, 9.17) is 4.74 Å². The molecule has 2 rings (SSSR count). The third-order valence-electron chi connectivity index (χ3n) is 3.28. The standard InChI is InChI=1S/C19H21NO3/c1-12(2)23-18-9-8-15(14(4)21)11-17(18)20-19(22)16-7-5-6-13(3)10-16/h5-12H,1-4H3,(H,20,22). The van der Waals surface area contributed by atoms with E-state index >= 15 is 0 Å². The molecule has 0 aliphatic carbocycles. The van der Waals surface area contributed by atoms with Crippen LogP contribution in [0.15, 0.2) is 42.5 Å². The van der Waals surface area contributed by atoms with Crippen LogP contribution in [0.25, 0.3) is 0 Å². The summed E-state index contributed by atoms with van der Waals surface area (Å²) in [7, 11) is 0. The molecule has 23 heavy (non-hydrogen) atoms. The largest absolute Gasteiger partial charge is 0.489 e. The van der Waals surface area contributed by atoms with Gasteiger partial charge in [-0.25, -0.2) is 0 Å². The number of ketones is 1. The van der Waals surface area contributed by atoms with Crippen LogP contribution in [0.1, 0.15) is 47.1 Å². The zero-order chi connectivity index (χ0) is 17.0. The molecule has 120 valence electrons. The number of carbonyl (C=O) groups excluding carboxylic acids is 2. The second-order valence-electron chi connectivity index (χ2n) is 5.76. The number of Topliss-reactive ketones (excluding diaryl/α,β-unsaturated/α-hetero) is 1. The van der Waals surface area contributed by atoms with Crippen LogP contribution in [0.3, 0.4) is 0 Å². The summed E-state index contributed by atoms with van der Waals surface area (Å²) in [4.78, 5) is 24.0. The molecule has 2 aromatic rings. The van der Waals surface area contributed by atoms with E-state index in [9.17, 15) is 9.59 Å². The van der Waals surface area contributed by atoms with Gasteiger partial charge in [-0.05, 0) is 58.0 Å². The molecule has 1 N–H and O–H groups in total. The number of benzene rings is 2. The summed E-state index contributed by atoms with van der Waals surface area (Å²) in [6, 6.07) is 12.4. The van der Waals surface area contributed by atoms with E-state index < -0.39 is 0 Å². The second-order valence-corrected chi connectivity index (χ2v) is 5.76. The van der Waals surface area contributed by atoms with Gasteiger partial charge in [-0.15, -0.1) is 0 Å². The predicted octanol–water partition coefficient (Wildman–Crippen LogP) is 4.24. The quantitative estimate of drug-likeness (QED) is 0.840. The lowest BCUT2D eigenvalue weighted by atomic mass is 10.1. The molecule has 2 aromatic carbocycles. The van der Waals surface area contributed by atoms with Gasteiger partial charge in [0, 0.05) is 11.1 Å². The fourth-order valence-corrected chi connectivity index (χ4v) is 2.18. The van der Waals surface area contributed by atoms with E-state index in [1.807, 2.05) is 39.0 Å². The number of nitrogens with one attached hydrogen (secondary N) is 1. The summed E-state index contributed by atoms with van der Waals surface area (Å²) in [5, 5.41) is 2.84. The molecule has 0 aliphatic heterocycles. The molecule has 0 fully saturated rings. The van der Waals surface area contributed by atoms with Gasteiger partial charge in [0.2, 0.25) is 0 Å². The smallest absolute Gasteiger partial charge is 0.255 e. The van der Waals surface area contributed by atoms with Gasteiger partial charge < -0.3 is 10.1 Å². The first-order chi connectivity index (χ1) is 10.9. The normalized spacial score (nSPS) is 10.5. The van der Waals surface area contributed by atoms with E-state index in [-0.39, 0.29) is 17.8 Å². The Morgan fingerprint density at radius 2 is 1.78 bits per heavy atom. The van der Waals surface area contributed by atoms with Gasteiger partial charge >= 0.3 is 0 Å². The minimum absolute atomic E-state index is 0.0344. The molecule has 0 saturated heterocycles. The van der Waals surface area contributed by atoms with E-state index in [1.165, 1.54) is 6.92 Å². The summed E-state index contributed by atoms with van der Waals surface area (Å²) in [5.41, 5.74) is 2.60. The second kappa shape index (κ2) is 7.09. The molecule has 0 bridgehead atoms. The average molecular weight is 311 g/mol. The summed E-state index contributed by atoms with van der Waals surface area (Å²) >= 11 is 0. The number of aryl methyl sites for hydroxylation is 1. The molecule has 0 unspecified atom stereocenters. The molecule has 0 radical (unpaired) electrons. The highest BCUT2D eigenvalue weighted by atomic mass is 16.5. The lowest BCUT2D eigenvalue weighted by Gasteiger charge is -2.16. The van der Waals surface area contributed by atoms with Gasteiger partial charge in [-0.2, -0.15) is 0 Å². The molecule has 0 atom stereocenters. The molecule has 1 amide bonds. The van der Waals surface area contributed by atoms with Gasteiger partial charge in [0.25, 0.3) is 5.91 Å². The van der Waals surface area contributed by atoms with Crippen molar-refractivity contribution in [1.29, 1.82) is 0 Å². The number of amides is 1. The number of anilines is 1. The Labute approximate surface area is 136 Å². The first-order valence-corrected chi connectivity index (χ1v) is 7.56. The van der Waals surface area contributed by atoms with Crippen molar-refractivity contribution in [3.63, 3.8) is 0 Å². The Morgan fingerprint density at radius 1 is 1.04 bits per heavy atom. The minimum atomic E-state index is -0.233. The molecule has 4 heteroatoms. The third-order valence-corrected chi connectivity index (χ3v) is 3.28. The van der Waals surface area contributed by atoms with E-state index in [1.54, 1.807) is 24.3 Å². The highest BCUT2D eigenvalue weighted by molar-refractivity contribution is 6.06. The number of hydrogen-bond acceptors (Lipinski definition) is 3. The predicted molar refractivity (Wildman–Crippen MR) is 91.3 cm³/mol. The van der Waals surface area contributed by atoms with Crippen molar-refractivity contribution < 1.29 is 14.3 Å². The maximum Gasteiger partial charge on any atom is 0.255 e. The number of carbonyl (C=O) groups is 2. The van der Waals surface area contributed by atoms with Gasteiger partial charge in [0.15, 0.2) is 5.78 Å². The molecular weight excluding hydrogens is 290 g/mol. The molecular formula is C19H21NO3. The van der Waals surface area contributed by atoms with Crippen molar-refractivity contribution >= 4 is 17.4 Å². The highest BCUT2D eigenvalue weighted by Gasteiger charge is 2.13. The summed E-state index contributed by atoms with van der Waals surface area (Å²) in [6.45, 7) is 7.24. The first kappa shape index (κ1) is 16.7. The summed E-state index contributed by atoms with van der Waals surface area (Å²) < 4.78 is 5.71. The van der Waals surface area contributed by atoms with Crippen LogP contribution in [0.2, 0.25) is 0 Å². The monoisotopic (exact) mass is 311 g/mol. The molecule has 0 aromatic heterocycles. The molecule has 0 aliphatic rings. The Kier molecular flexibility index (Phi) is 5.16. The van der Waals surface area contributed by atoms with Gasteiger partial charge in [-0.1, -0.05) is 17.7 Å². The fraction of sp³-hybridized carbons (Fsp3) is 0.263. The van der Waals surface area contributed by atoms with Crippen LogP contribution >= 0.6 is 0 Å².